The van der Waals surface area contributed by atoms with Gasteiger partial charge < -0.3 is 0 Å². The highest BCUT2D eigenvalue weighted by atomic mass is 32.2. The van der Waals surface area contributed by atoms with E-state index >= 15 is 0 Å². The first-order valence-corrected chi connectivity index (χ1v) is 9.97. The first-order chi connectivity index (χ1) is 11.8. The van der Waals surface area contributed by atoms with Crippen LogP contribution >= 0.6 is 11.8 Å². The second-order valence-electron chi connectivity index (χ2n) is 6.84. The largest absolute Gasteiger partial charge is 0.287 e. The number of fused-ring (bicyclic) bond motifs is 1. The van der Waals surface area contributed by atoms with Crippen LogP contribution in [0.5, 0.6) is 0 Å². The lowest BCUT2D eigenvalue weighted by atomic mass is 10.1. The zero-order valence-corrected chi connectivity index (χ0v) is 15.1. The van der Waals surface area contributed by atoms with Crippen LogP contribution in [0.15, 0.2) is 53.7 Å². The van der Waals surface area contributed by atoms with Crippen LogP contribution in [-0.4, -0.2) is 15.3 Å². The molecule has 1 aromatic heterocycles. The van der Waals surface area contributed by atoms with Crippen LogP contribution in [0, 0.1) is 12.8 Å². The predicted octanol–water partition coefficient (Wildman–Crippen LogP) is 6.01. The molecule has 1 aliphatic carbocycles. The molecule has 4 rings (SSSR count). The Morgan fingerprint density at radius 3 is 2.58 bits per heavy atom. The molecule has 124 valence electrons. The van der Waals surface area contributed by atoms with Crippen LogP contribution in [0.1, 0.15) is 37.7 Å². The van der Waals surface area contributed by atoms with Crippen LogP contribution < -0.4 is 0 Å². The minimum atomic E-state index is 0.940. The number of para-hydroxylation sites is 2. The van der Waals surface area contributed by atoms with E-state index in [2.05, 4.69) is 60.0 Å². The van der Waals surface area contributed by atoms with Crippen LogP contribution in [0.3, 0.4) is 0 Å². The van der Waals surface area contributed by atoms with Gasteiger partial charge in [-0.05, 0) is 43.5 Å². The van der Waals surface area contributed by atoms with Crippen LogP contribution in [0.2, 0.25) is 0 Å². The Balaban J connectivity index is 1.63. The summed E-state index contributed by atoms with van der Waals surface area (Å²) in [6.07, 6.45) is 7.03. The monoisotopic (exact) mass is 336 g/mol. The molecule has 0 spiro atoms. The second-order valence-corrected chi connectivity index (χ2v) is 7.90. The molecule has 0 bridgehead atoms. The molecule has 0 radical (unpaired) electrons. The molecule has 0 N–H and O–H groups in total. The molecule has 1 heterocycles. The molecule has 0 unspecified atom stereocenters. The number of aryl methyl sites for hydroxylation is 1. The van der Waals surface area contributed by atoms with Crippen molar-refractivity contribution in [1.82, 2.24) is 9.55 Å². The summed E-state index contributed by atoms with van der Waals surface area (Å²) < 4.78 is 2.31. The van der Waals surface area contributed by atoms with Crippen molar-refractivity contribution in [3.63, 3.8) is 0 Å². The van der Waals surface area contributed by atoms with E-state index in [-0.39, 0.29) is 0 Å². The normalized spacial score (nSPS) is 15.4. The number of thioether (sulfide) groups is 1. The van der Waals surface area contributed by atoms with Crippen LogP contribution in [-0.2, 0) is 0 Å². The Labute approximate surface area is 148 Å². The maximum absolute atomic E-state index is 4.90. The summed E-state index contributed by atoms with van der Waals surface area (Å²) in [5, 5.41) is 1.12. The van der Waals surface area contributed by atoms with Crippen molar-refractivity contribution in [2.45, 2.75) is 44.2 Å². The van der Waals surface area contributed by atoms with E-state index in [1.54, 1.807) is 0 Å². The highest BCUT2D eigenvalue weighted by molar-refractivity contribution is 7.99. The van der Waals surface area contributed by atoms with Crippen molar-refractivity contribution in [2.24, 2.45) is 5.92 Å². The summed E-state index contributed by atoms with van der Waals surface area (Å²) in [5.74, 6) is 2.11. The zero-order chi connectivity index (χ0) is 16.4. The highest BCUT2D eigenvalue weighted by Crippen LogP contribution is 2.32. The first-order valence-electron chi connectivity index (χ1n) is 8.98. The average molecular weight is 337 g/mol. The number of nitrogens with zero attached hydrogens (tertiary/aromatic N) is 2. The van der Waals surface area contributed by atoms with E-state index in [9.17, 15) is 0 Å². The molecule has 3 aromatic rings. The lowest BCUT2D eigenvalue weighted by Crippen LogP contribution is -1.99. The van der Waals surface area contributed by atoms with E-state index < -0.39 is 0 Å². The number of hydrogen-bond donors (Lipinski definition) is 0. The second kappa shape index (κ2) is 7.02. The number of hydrogen-bond acceptors (Lipinski definition) is 2. The molecule has 2 aromatic carbocycles. The van der Waals surface area contributed by atoms with Gasteiger partial charge in [0.05, 0.1) is 11.0 Å². The van der Waals surface area contributed by atoms with Crippen molar-refractivity contribution in [3.8, 4) is 5.69 Å². The Bertz CT molecular complexity index is 813. The first kappa shape index (κ1) is 15.8. The molecular weight excluding hydrogens is 312 g/mol. The van der Waals surface area contributed by atoms with E-state index in [4.69, 9.17) is 4.98 Å². The summed E-state index contributed by atoms with van der Waals surface area (Å²) in [6, 6.07) is 17.2. The van der Waals surface area contributed by atoms with Crippen molar-refractivity contribution < 1.29 is 0 Å². The van der Waals surface area contributed by atoms with E-state index in [1.165, 1.54) is 54.6 Å². The van der Waals surface area contributed by atoms with Crippen LogP contribution in [0.25, 0.3) is 16.7 Å². The van der Waals surface area contributed by atoms with Gasteiger partial charge in [-0.3, -0.25) is 4.57 Å². The number of aromatic nitrogens is 2. The van der Waals surface area contributed by atoms with Gasteiger partial charge in [0.15, 0.2) is 5.16 Å². The molecule has 2 nitrogen and oxygen atoms in total. The highest BCUT2D eigenvalue weighted by Gasteiger charge is 2.16. The molecule has 0 amide bonds. The van der Waals surface area contributed by atoms with Gasteiger partial charge in [-0.25, -0.2) is 4.98 Å². The average Bonchev–Trinajstić information content (AvgIpc) is 3.23. The summed E-state index contributed by atoms with van der Waals surface area (Å²) in [7, 11) is 0. The van der Waals surface area contributed by atoms with Gasteiger partial charge >= 0.3 is 0 Å². The third kappa shape index (κ3) is 3.23. The molecule has 0 aliphatic heterocycles. The fourth-order valence-corrected chi connectivity index (χ4v) is 4.79. The summed E-state index contributed by atoms with van der Waals surface area (Å²) in [4.78, 5) is 4.90. The third-order valence-electron chi connectivity index (χ3n) is 5.05. The van der Waals surface area contributed by atoms with Gasteiger partial charge in [0.25, 0.3) is 0 Å². The Morgan fingerprint density at radius 1 is 1.04 bits per heavy atom. The van der Waals surface area contributed by atoms with E-state index in [1.807, 2.05) is 11.8 Å². The van der Waals surface area contributed by atoms with Crippen LogP contribution in [0.4, 0.5) is 0 Å². The maximum Gasteiger partial charge on any atom is 0.173 e. The fourth-order valence-electron chi connectivity index (χ4n) is 3.66. The fraction of sp³-hybridized carbons (Fsp3) is 0.381. The molecule has 0 saturated heterocycles. The van der Waals surface area contributed by atoms with Gasteiger partial charge in [0, 0.05) is 11.4 Å². The standard InChI is InChI=1S/C21H24N2S/c1-16-10-12-18(13-11-16)23-20-9-5-4-8-19(20)22-21(23)24-15-14-17-6-2-3-7-17/h4-5,8-13,17H,2-3,6-7,14-15H2,1H3. The molecule has 3 heteroatoms. The zero-order valence-electron chi connectivity index (χ0n) is 14.2. The lowest BCUT2D eigenvalue weighted by Gasteiger charge is -2.11. The summed E-state index contributed by atoms with van der Waals surface area (Å²) >= 11 is 1.91. The minimum absolute atomic E-state index is 0.940. The number of imidazole rings is 1. The smallest absolute Gasteiger partial charge is 0.173 e. The van der Waals surface area contributed by atoms with Gasteiger partial charge in [0.1, 0.15) is 0 Å². The van der Waals surface area contributed by atoms with Gasteiger partial charge in [0.2, 0.25) is 0 Å². The number of rotatable bonds is 5. The Kier molecular flexibility index (Phi) is 4.61. The Hall–Kier alpha value is -1.74. The van der Waals surface area contributed by atoms with Crippen molar-refractivity contribution in [3.05, 3.63) is 54.1 Å². The number of benzene rings is 2. The Morgan fingerprint density at radius 2 is 1.79 bits per heavy atom. The third-order valence-corrected chi connectivity index (χ3v) is 6.03. The molecule has 24 heavy (non-hydrogen) atoms. The SMILES string of the molecule is Cc1ccc(-n2c(SCCC3CCCC3)nc3ccccc32)cc1. The van der Waals surface area contributed by atoms with E-state index in [0.29, 0.717) is 0 Å². The molecule has 1 aliphatic rings. The van der Waals surface area contributed by atoms with Crippen molar-refractivity contribution >= 4 is 22.8 Å². The minimum Gasteiger partial charge on any atom is -0.287 e. The predicted molar refractivity (Wildman–Crippen MR) is 103 cm³/mol. The lowest BCUT2D eigenvalue weighted by molar-refractivity contribution is 0.535. The van der Waals surface area contributed by atoms with Gasteiger partial charge in [-0.1, -0.05) is 67.3 Å². The summed E-state index contributed by atoms with van der Waals surface area (Å²) in [6.45, 7) is 2.13. The topological polar surface area (TPSA) is 17.8 Å². The van der Waals surface area contributed by atoms with E-state index in [0.717, 1.165) is 16.6 Å². The quantitative estimate of drug-likeness (QED) is 0.531. The molecule has 1 saturated carbocycles. The molecular formula is C21H24N2S. The van der Waals surface area contributed by atoms with Crippen molar-refractivity contribution in [1.29, 1.82) is 0 Å². The van der Waals surface area contributed by atoms with Gasteiger partial charge in [-0.2, -0.15) is 0 Å². The molecule has 1 fully saturated rings. The summed E-state index contributed by atoms with van der Waals surface area (Å²) in [5.41, 5.74) is 4.78. The van der Waals surface area contributed by atoms with Crippen molar-refractivity contribution in [2.75, 3.05) is 5.75 Å². The maximum atomic E-state index is 4.90. The van der Waals surface area contributed by atoms with Gasteiger partial charge in [-0.15, -0.1) is 0 Å². The molecule has 0 atom stereocenters.